The summed E-state index contributed by atoms with van der Waals surface area (Å²) in [6, 6.07) is 27.9. The van der Waals surface area contributed by atoms with E-state index in [1.165, 1.54) is 52.5 Å². The Kier molecular flexibility index (Phi) is 12.9. The molecule has 1 radical (unpaired) electrons. The predicted octanol–water partition coefficient (Wildman–Crippen LogP) is 14.1. The van der Waals surface area contributed by atoms with Crippen LogP contribution < -0.4 is 0 Å². The van der Waals surface area contributed by atoms with Gasteiger partial charge in [-0.2, -0.15) is 0 Å². The maximum atomic E-state index is 12.2. The van der Waals surface area contributed by atoms with Gasteiger partial charge in [0.05, 0.1) is 0 Å². The van der Waals surface area contributed by atoms with Gasteiger partial charge in [-0.3, -0.25) is 9.78 Å². The summed E-state index contributed by atoms with van der Waals surface area (Å²) in [4.78, 5) is 19.7. The van der Waals surface area contributed by atoms with Gasteiger partial charge in [0.1, 0.15) is 5.76 Å². The number of rotatable bonds is 9. The van der Waals surface area contributed by atoms with Crippen molar-refractivity contribution in [1.29, 1.82) is 0 Å². The minimum absolute atomic E-state index is 0. The van der Waals surface area contributed by atoms with E-state index < -0.39 is 0 Å². The van der Waals surface area contributed by atoms with Crippen LogP contribution in [0.4, 0.5) is 0 Å². The predicted molar refractivity (Wildman–Crippen MR) is 219 cm³/mol. The average molecular weight is 895 g/mol. The van der Waals surface area contributed by atoms with Crippen LogP contribution in [-0.4, -0.2) is 15.9 Å². The topological polar surface area (TPSA) is 50.2 Å². The molecule has 3 aromatic carbocycles. The monoisotopic (exact) mass is 895 g/mol. The number of pyridine rings is 1. The summed E-state index contributed by atoms with van der Waals surface area (Å²) in [5, 5.41) is 15.1. The van der Waals surface area contributed by atoms with E-state index in [1.807, 2.05) is 70.4 Å². The van der Waals surface area contributed by atoms with Gasteiger partial charge >= 0.3 is 0 Å². The minimum atomic E-state index is -0.337. The first-order valence-corrected chi connectivity index (χ1v) is 19.6. The van der Waals surface area contributed by atoms with Crippen molar-refractivity contribution in [2.75, 3.05) is 0 Å². The molecule has 0 aliphatic carbocycles. The summed E-state index contributed by atoms with van der Waals surface area (Å²) >= 11 is 3.70. The third-order valence-corrected chi connectivity index (χ3v) is 13.0. The van der Waals surface area contributed by atoms with Gasteiger partial charge in [0.15, 0.2) is 5.78 Å². The molecular weight excluding hydrogens is 843 g/mol. The van der Waals surface area contributed by atoms with Crippen LogP contribution in [0.3, 0.4) is 0 Å². The third-order valence-electron chi connectivity index (χ3n) is 10.8. The minimum Gasteiger partial charge on any atom is -0.512 e. The summed E-state index contributed by atoms with van der Waals surface area (Å²) in [7, 11) is 0. The van der Waals surface area contributed by atoms with E-state index in [0.29, 0.717) is 0 Å². The molecule has 0 fully saturated rings. The van der Waals surface area contributed by atoms with Crippen molar-refractivity contribution in [3.05, 3.63) is 101 Å². The zero-order valence-corrected chi connectivity index (χ0v) is 35.8. The number of nitrogens with zero attached hydrogens (tertiary/aromatic N) is 1. The molecule has 0 amide bonds. The van der Waals surface area contributed by atoms with Crippen molar-refractivity contribution >= 4 is 59.4 Å². The maximum absolute atomic E-state index is 12.2. The van der Waals surface area contributed by atoms with Gasteiger partial charge in [-0.25, -0.2) is 0 Å². The first-order chi connectivity index (χ1) is 23.7. The number of carbonyl (C=O) groups is 1. The van der Waals surface area contributed by atoms with Crippen LogP contribution in [0.15, 0.2) is 84.8 Å². The molecule has 0 saturated heterocycles. The van der Waals surface area contributed by atoms with Crippen LogP contribution in [0.1, 0.15) is 98.4 Å². The van der Waals surface area contributed by atoms with Crippen LogP contribution >= 0.6 is 22.7 Å². The molecule has 271 valence electrons. The van der Waals surface area contributed by atoms with Crippen LogP contribution in [-0.2, 0) is 30.3 Å². The number of ketones is 1. The fraction of sp³-hybridized carbons (Fsp3) is 0.378. The molecule has 6 aromatic rings. The van der Waals surface area contributed by atoms with E-state index in [9.17, 15) is 9.90 Å². The molecule has 6 heteroatoms. The molecule has 0 aliphatic heterocycles. The van der Waals surface area contributed by atoms with E-state index >= 15 is 0 Å². The Morgan fingerprint density at radius 1 is 0.824 bits per heavy atom. The van der Waals surface area contributed by atoms with E-state index in [2.05, 4.69) is 100 Å². The van der Waals surface area contributed by atoms with Crippen molar-refractivity contribution in [2.24, 2.45) is 10.8 Å². The second kappa shape index (κ2) is 16.3. The molecule has 0 saturated carbocycles. The number of allylic oxidation sites excluding steroid dienone is 2. The van der Waals surface area contributed by atoms with Crippen molar-refractivity contribution in [1.82, 2.24) is 4.98 Å². The number of aromatic nitrogens is 1. The van der Waals surface area contributed by atoms with E-state index in [4.69, 9.17) is 4.98 Å². The Bertz CT molecular complexity index is 2170. The molecule has 0 atom stereocenters. The SMILES string of the molecule is CCC(C)(CC)C(=O)/C=C(\O)C(C)(CC)CC.Cc1cc2c(-c3cc4ccnc(-c5[c-]c6ccccc6c(C(C)(C)C)c5)c4s3)cccc2s1.[Ir]. The molecule has 0 spiro atoms. The first-order valence-electron chi connectivity index (χ1n) is 18.0. The molecule has 6 rings (SSSR count). The molecule has 0 bridgehead atoms. The van der Waals surface area contributed by atoms with Crippen molar-refractivity contribution in [2.45, 2.75) is 100 Å². The van der Waals surface area contributed by atoms with Crippen LogP contribution in [0.25, 0.3) is 52.6 Å². The summed E-state index contributed by atoms with van der Waals surface area (Å²) in [5.74, 6) is 0.286. The van der Waals surface area contributed by atoms with Gasteiger partial charge in [0, 0.05) is 79.0 Å². The molecular formula is C45H52IrNO2S2-. The Morgan fingerprint density at radius 3 is 2.14 bits per heavy atom. The standard InChI is InChI=1S/C30H24NS2.C15H28O2.Ir/c1-18-14-24-23(10-7-11-26(24)32-18)27-17-20-12-13-31-28(29(20)33-27)21-15-19-8-5-6-9-22(19)25(16-21)30(2,3)4;1-7-14(5,8-2)12(16)11-13(17)15(6,9-3)10-4;/h5-14,16-17H,1-4H3;11,16H,7-10H2,1-6H3;/q-1;;/b;12-11-;. The normalized spacial score (nSPS) is 12.5. The second-order valence-electron chi connectivity index (χ2n) is 15.1. The average Bonchev–Trinajstić information content (AvgIpc) is 3.73. The fourth-order valence-electron chi connectivity index (χ4n) is 6.35. The molecule has 0 aliphatic rings. The molecule has 1 N–H and O–H groups in total. The van der Waals surface area contributed by atoms with Crippen molar-refractivity contribution < 1.29 is 30.0 Å². The number of aliphatic hydroxyl groups is 1. The van der Waals surface area contributed by atoms with Gasteiger partial charge in [-0.1, -0.05) is 104 Å². The first kappa shape index (κ1) is 40.6. The van der Waals surface area contributed by atoms with Gasteiger partial charge in [0.2, 0.25) is 0 Å². The van der Waals surface area contributed by atoms with Crippen LogP contribution in [0.2, 0.25) is 0 Å². The fourth-order valence-corrected chi connectivity index (χ4v) is 8.50. The van der Waals surface area contributed by atoms with Crippen molar-refractivity contribution in [3.8, 4) is 21.7 Å². The molecule has 3 heterocycles. The zero-order chi connectivity index (χ0) is 36.4. The third kappa shape index (κ3) is 8.41. The van der Waals surface area contributed by atoms with E-state index in [-0.39, 0.29) is 47.9 Å². The van der Waals surface area contributed by atoms with Crippen LogP contribution in [0, 0.1) is 23.8 Å². The molecule has 51 heavy (non-hydrogen) atoms. The summed E-state index contributed by atoms with van der Waals surface area (Å²) < 4.78 is 2.57. The van der Waals surface area contributed by atoms with E-state index in [0.717, 1.165) is 42.3 Å². The number of hydrogen-bond acceptors (Lipinski definition) is 5. The molecule has 3 nitrogen and oxygen atoms in total. The van der Waals surface area contributed by atoms with Crippen LogP contribution in [0.5, 0.6) is 0 Å². The van der Waals surface area contributed by atoms with Gasteiger partial charge < -0.3 is 5.11 Å². The Morgan fingerprint density at radius 2 is 1.49 bits per heavy atom. The van der Waals surface area contributed by atoms with Crippen molar-refractivity contribution in [3.63, 3.8) is 0 Å². The number of carbonyl (C=O) groups excluding carboxylic acids is 1. The number of aryl methyl sites for hydroxylation is 1. The van der Waals surface area contributed by atoms with Gasteiger partial charge in [-0.05, 0) is 67.7 Å². The number of fused-ring (bicyclic) bond motifs is 3. The Hall–Kier alpha value is -3.15. The van der Waals surface area contributed by atoms with E-state index in [1.54, 1.807) is 0 Å². The van der Waals surface area contributed by atoms with Gasteiger partial charge in [-0.15, -0.1) is 51.8 Å². The Labute approximate surface area is 326 Å². The Balaban J connectivity index is 0.000000279. The van der Waals surface area contributed by atoms with Gasteiger partial charge in [0.25, 0.3) is 0 Å². The smallest absolute Gasteiger partial charge is 0.164 e. The quantitative estimate of drug-likeness (QED) is 0.0894. The summed E-state index contributed by atoms with van der Waals surface area (Å²) in [6.07, 6.45) is 6.69. The largest absolute Gasteiger partial charge is 0.512 e. The number of benzene rings is 3. The molecule has 3 aromatic heterocycles. The maximum Gasteiger partial charge on any atom is 0.164 e. The second-order valence-corrected chi connectivity index (χ2v) is 17.4. The number of aliphatic hydroxyl groups excluding tert-OH is 1. The molecule has 0 unspecified atom stereocenters. The summed E-state index contributed by atoms with van der Waals surface area (Å²) in [6.45, 7) is 21.1. The number of thiophene rings is 2. The zero-order valence-electron chi connectivity index (χ0n) is 31.8. The summed E-state index contributed by atoms with van der Waals surface area (Å²) in [5.41, 5.74) is 4.16. The number of hydrogen-bond donors (Lipinski definition) is 1.